The normalized spacial score (nSPS) is 12.8. The molecule has 0 spiro atoms. The topological polar surface area (TPSA) is 95.7 Å². The minimum absolute atomic E-state index is 0.0474. The minimum atomic E-state index is -2.93. The fourth-order valence-electron chi connectivity index (χ4n) is 3.21. The third-order valence-corrected chi connectivity index (χ3v) is 4.80. The molecule has 0 aliphatic carbocycles. The maximum Gasteiger partial charge on any atom is 0.276 e. The van der Waals surface area contributed by atoms with Gasteiger partial charge in [0.1, 0.15) is 5.82 Å². The Hall–Kier alpha value is -3.69. The van der Waals surface area contributed by atoms with Crippen LogP contribution in [0.3, 0.4) is 0 Å². The van der Waals surface area contributed by atoms with E-state index in [4.69, 9.17) is 5.41 Å². The number of hydrogen-bond acceptors (Lipinski definition) is 6. The van der Waals surface area contributed by atoms with Gasteiger partial charge in [-0.2, -0.15) is 5.10 Å². The van der Waals surface area contributed by atoms with Gasteiger partial charge in [0.25, 0.3) is 12.0 Å². The second kappa shape index (κ2) is 8.99. The maximum atomic E-state index is 14.6. The molecule has 0 bridgehead atoms. The lowest BCUT2D eigenvalue weighted by Gasteiger charge is -2.19. The Balaban J connectivity index is 2.12. The van der Waals surface area contributed by atoms with Crippen molar-refractivity contribution in [1.82, 2.24) is 20.1 Å². The second-order valence-corrected chi connectivity index (χ2v) is 6.84. The van der Waals surface area contributed by atoms with Crippen LogP contribution in [0.5, 0.6) is 0 Å². The molecule has 0 aliphatic rings. The third kappa shape index (κ3) is 4.27. The summed E-state index contributed by atoms with van der Waals surface area (Å²) in [4.78, 5) is 16.8. The number of aryl methyl sites for hydroxylation is 1. The molecule has 0 fully saturated rings. The molecular weight excluding hydrogens is 409 g/mol. The van der Waals surface area contributed by atoms with Gasteiger partial charge in [-0.1, -0.05) is 18.2 Å². The Bertz CT molecular complexity index is 1220. The van der Waals surface area contributed by atoms with Crippen molar-refractivity contribution in [2.45, 2.75) is 19.4 Å². The molecule has 7 nitrogen and oxygen atoms in total. The number of halogens is 3. The molecule has 0 radical (unpaired) electrons. The second-order valence-electron chi connectivity index (χ2n) is 6.84. The molecule has 0 amide bonds. The number of pyridine rings is 1. The number of allylic oxidation sites excluding steroid dienone is 1. The summed E-state index contributed by atoms with van der Waals surface area (Å²) in [6.07, 6.45) is 1.14. The van der Waals surface area contributed by atoms with Gasteiger partial charge in [-0.25, -0.2) is 17.9 Å². The lowest BCUT2D eigenvalue weighted by molar-refractivity contribution is 0.146. The van der Waals surface area contributed by atoms with Crippen molar-refractivity contribution in [3.05, 3.63) is 69.7 Å². The van der Waals surface area contributed by atoms with E-state index in [0.29, 0.717) is 16.7 Å². The Kier molecular flexibility index (Phi) is 6.38. The first-order valence-corrected chi connectivity index (χ1v) is 9.36. The maximum absolute atomic E-state index is 14.6. The molecule has 1 atom stereocenters. The van der Waals surface area contributed by atoms with Gasteiger partial charge in [0.2, 0.25) is 0 Å². The summed E-state index contributed by atoms with van der Waals surface area (Å²) >= 11 is 0. The molecule has 2 heterocycles. The average Bonchev–Trinajstić information content (AvgIpc) is 2.75. The SMILES string of the molecule is CN/C=C(\C=N)c1cc2c(N[C@H](C)c3cccc(C(F)F)c3F)nn(C)c(=O)c2cn1. The summed E-state index contributed by atoms with van der Waals surface area (Å²) in [6, 6.07) is 4.70. The molecular formula is C21H21F3N6O. The van der Waals surface area contributed by atoms with Crippen LogP contribution in [0.1, 0.15) is 36.2 Å². The van der Waals surface area contributed by atoms with Crippen LogP contribution in [-0.4, -0.2) is 28.0 Å². The van der Waals surface area contributed by atoms with Crippen LogP contribution < -0.4 is 16.2 Å². The molecule has 0 unspecified atom stereocenters. The van der Waals surface area contributed by atoms with Crippen molar-refractivity contribution in [2.24, 2.45) is 7.05 Å². The fourth-order valence-corrected chi connectivity index (χ4v) is 3.21. The Labute approximate surface area is 176 Å². The molecule has 0 aliphatic heterocycles. The van der Waals surface area contributed by atoms with Gasteiger partial charge in [0.15, 0.2) is 5.82 Å². The van der Waals surface area contributed by atoms with Crippen LogP contribution in [0.4, 0.5) is 19.0 Å². The van der Waals surface area contributed by atoms with Crippen molar-refractivity contribution in [2.75, 3.05) is 12.4 Å². The van der Waals surface area contributed by atoms with Crippen LogP contribution in [0, 0.1) is 11.2 Å². The van der Waals surface area contributed by atoms with Gasteiger partial charge in [0, 0.05) is 49.2 Å². The highest BCUT2D eigenvalue weighted by Crippen LogP contribution is 2.30. The van der Waals surface area contributed by atoms with E-state index in [9.17, 15) is 18.0 Å². The Morgan fingerprint density at radius 3 is 2.61 bits per heavy atom. The number of fused-ring (bicyclic) bond motifs is 1. The highest BCUT2D eigenvalue weighted by molar-refractivity contribution is 6.08. The van der Waals surface area contributed by atoms with E-state index in [1.807, 2.05) is 0 Å². The molecule has 2 aromatic heterocycles. The molecule has 10 heteroatoms. The molecule has 31 heavy (non-hydrogen) atoms. The highest BCUT2D eigenvalue weighted by Gasteiger charge is 2.21. The van der Waals surface area contributed by atoms with E-state index < -0.39 is 23.8 Å². The number of alkyl halides is 2. The van der Waals surface area contributed by atoms with Gasteiger partial charge >= 0.3 is 0 Å². The Morgan fingerprint density at radius 2 is 1.97 bits per heavy atom. The van der Waals surface area contributed by atoms with Crippen LogP contribution in [-0.2, 0) is 7.05 Å². The van der Waals surface area contributed by atoms with Gasteiger partial charge in [0.05, 0.1) is 22.7 Å². The standard InChI is InChI=1S/C21H21F3N6O/c1-11(13-5-4-6-14(18(13)22)19(23)24)28-20-15-7-17(12(8-25)9-26-2)27-10-16(15)21(31)30(3)29-20/h4-11,19,25-26H,1-3H3,(H,28,29)/b12-9+,25-8?/t11-/m1/s1. The molecule has 0 saturated heterocycles. The minimum Gasteiger partial charge on any atom is -0.393 e. The molecule has 3 rings (SSSR count). The van der Waals surface area contributed by atoms with Gasteiger partial charge < -0.3 is 16.0 Å². The third-order valence-electron chi connectivity index (χ3n) is 4.80. The molecule has 3 aromatic rings. The summed E-state index contributed by atoms with van der Waals surface area (Å²) in [5.74, 6) is -0.735. The largest absolute Gasteiger partial charge is 0.393 e. The summed E-state index contributed by atoms with van der Waals surface area (Å²) in [6.45, 7) is 1.61. The van der Waals surface area contributed by atoms with Crippen molar-refractivity contribution in [3.8, 4) is 0 Å². The zero-order valence-corrected chi connectivity index (χ0v) is 17.1. The first-order valence-electron chi connectivity index (χ1n) is 9.36. The van der Waals surface area contributed by atoms with Gasteiger partial charge in [-0.05, 0) is 13.0 Å². The first-order chi connectivity index (χ1) is 14.8. The number of benzene rings is 1. The van der Waals surface area contributed by atoms with E-state index in [-0.39, 0.29) is 22.3 Å². The number of aromatic nitrogens is 3. The Morgan fingerprint density at radius 1 is 1.26 bits per heavy atom. The van der Waals surface area contributed by atoms with Crippen molar-refractivity contribution >= 4 is 28.4 Å². The molecule has 3 N–H and O–H groups in total. The highest BCUT2D eigenvalue weighted by atomic mass is 19.3. The van der Waals surface area contributed by atoms with Crippen molar-refractivity contribution in [1.29, 1.82) is 5.41 Å². The predicted octanol–water partition coefficient (Wildman–Crippen LogP) is 3.79. The van der Waals surface area contributed by atoms with Crippen LogP contribution in [0.2, 0.25) is 0 Å². The van der Waals surface area contributed by atoms with E-state index in [1.165, 1.54) is 25.4 Å². The molecule has 1 aromatic carbocycles. The fraction of sp³-hybridized carbons (Fsp3) is 0.238. The van der Waals surface area contributed by atoms with Gasteiger partial charge in [-0.3, -0.25) is 9.78 Å². The number of anilines is 1. The number of nitrogens with zero attached hydrogens (tertiary/aromatic N) is 3. The summed E-state index contributed by atoms with van der Waals surface area (Å²) in [5, 5.41) is 18.3. The van der Waals surface area contributed by atoms with E-state index in [1.54, 1.807) is 26.2 Å². The van der Waals surface area contributed by atoms with Crippen molar-refractivity contribution < 1.29 is 13.2 Å². The average molecular weight is 430 g/mol. The molecule has 162 valence electrons. The first kappa shape index (κ1) is 22.0. The smallest absolute Gasteiger partial charge is 0.276 e. The zero-order chi connectivity index (χ0) is 22.7. The summed E-state index contributed by atoms with van der Waals surface area (Å²) in [5.41, 5.74) is -0.116. The number of hydrogen-bond donors (Lipinski definition) is 3. The van der Waals surface area contributed by atoms with Gasteiger partial charge in [-0.15, -0.1) is 0 Å². The van der Waals surface area contributed by atoms with Crippen LogP contribution >= 0.6 is 0 Å². The monoisotopic (exact) mass is 430 g/mol. The van der Waals surface area contributed by atoms with E-state index in [0.717, 1.165) is 17.0 Å². The lowest BCUT2D eigenvalue weighted by atomic mass is 10.0. The predicted molar refractivity (Wildman–Crippen MR) is 114 cm³/mol. The van der Waals surface area contributed by atoms with Crippen LogP contribution in [0.25, 0.3) is 16.3 Å². The quantitative estimate of drug-likeness (QED) is 0.496. The zero-order valence-electron chi connectivity index (χ0n) is 17.1. The number of rotatable bonds is 7. The summed E-state index contributed by atoms with van der Waals surface area (Å²) < 4.78 is 41.9. The van der Waals surface area contributed by atoms with E-state index in [2.05, 4.69) is 20.7 Å². The van der Waals surface area contributed by atoms with E-state index >= 15 is 0 Å². The molecule has 0 saturated carbocycles. The lowest BCUT2D eigenvalue weighted by Crippen LogP contribution is -2.23. The van der Waals surface area contributed by atoms with Crippen LogP contribution in [0.15, 0.2) is 41.5 Å². The summed E-state index contributed by atoms with van der Waals surface area (Å²) in [7, 11) is 3.14. The van der Waals surface area contributed by atoms with Crippen molar-refractivity contribution in [3.63, 3.8) is 0 Å². The number of nitrogens with one attached hydrogen (secondary N) is 3.